The van der Waals surface area contributed by atoms with Crippen molar-refractivity contribution in [2.24, 2.45) is 0 Å². The Balaban J connectivity index is 2.34. The van der Waals surface area contributed by atoms with Gasteiger partial charge in [-0.05, 0) is 70.6 Å². The number of hydrogen-bond donors (Lipinski definition) is 6. The second kappa shape index (κ2) is 39.6. The van der Waals surface area contributed by atoms with Gasteiger partial charge in [-0.25, -0.2) is 4.57 Å². The predicted molar refractivity (Wildman–Crippen MR) is 249 cm³/mol. The lowest BCUT2D eigenvalue weighted by molar-refractivity contribution is -0.220. The molecular weight excluding hydrogens is 812 g/mol. The number of aliphatic hydroxyl groups excluding tert-OH is 5. The van der Waals surface area contributed by atoms with Crippen molar-refractivity contribution in [1.82, 2.24) is 0 Å². The first-order chi connectivity index (χ1) is 30.0. The maximum absolute atomic E-state index is 12.8. The van der Waals surface area contributed by atoms with E-state index in [1.54, 1.807) is 0 Å². The fourth-order valence-corrected chi connectivity index (χ4v) is 8.20. The Bertz CT molecular complexity index is 1210. The number of unbranched alkanes of at least 4 members (excludes halogenated alkanes) is 21. The highest BCUT2D eigenvalue weighted by atomic mass is 31.2. The molecule has 1 rings (SSSR count). The second-order valence-electron chi connectivity index (χ2n) is 17.0. The maximum atomic E-state index is 12.8. The zero-order valence-electron chi connectivity index (χ0n) is 38.7. The van der Waals surface area contributed by atoms with Crippen LogP contribution in [0.15, 0.2) is 48.6 Å². The highest BCUT2D eigenvalue weighted by Gasteiger charge is 2.51. The van der Waals surface area contributed by atoms with Crippen LogP contribution >= 0.6 is 7.82 Å². The van der Waals surface area contributed by atoms with Crippen molar-refractivity contribution in [2.75, 3.05) is 19.8 Å². The van der Waals surface area contributed by atoms with Gasteiger partial charge >= 0.3 is 13.8 Å². The van der Waals surface area contributed by atoms with Crippen LogP contribution in [-0.4, -0.2) is 98.9 Å². The predicted octanol–water partition coefficient (Wildman–Crippen LogP) is 10.4. The van der Waals surface area contributed by atoms with Crippen LogP contribution in [0.4, 0.5) is 0 Å². The quantitative estimate of drug-likeness (QED) is 0.0147. The Kier molecular flexibility index (Phi) is 37.3. The molecule has 0 spiro atoms. The molecule has 0 amide bonds. The summed E-state index contributed by atoms with van der Waals surface area (Å²) in [5.41, 5.74) is 0. The van der Waals surface area contributed by atoms with Crippen molar-refractivity contribution in [3.05, 3.63) is 48.6 Å². The van der Waals surface area contributed by atoms with Gasteiger partial charge in [-0.2, -0.15) is 0 Å². The van der Waals surface area contributed by atoms with Gasteiger partial charge in [-0.15, -0.1) is 0 Å². The fourth-order valence-electron chi connectivity index (χ4n) is 7.23. The molecule has 362 valence electrons. The van der Waals surface area contributed by atoms with E-state index in [0.717, 1.165) is 83.5 Å². The van der Waals surface area contributed by atoms with Crippen molar-refractivity contribution in [3.8, 4) is 0 Å². The lowest BCUT2D eigenvalue weighted by atomic mass is 9.85. The summed E-state index contributed by atoms with van der Waals surface area (Å²) in [4.78, 5) is 23.2. The number of rotatable bonds is 41. The average molecular weight is 901 g/mol. The molecule has 6 atom stereocenters. The van der Waals surface area contributed by atoms with E-state index in [1.165, 1.54) is 83.5 Å². The Labute approximate surface area is 375 Å². The molecule has 1 aliphatic carbocycles. The van der Waals surface area contributed by atoms with Crippen molar-refractivity contribution in [1.29, 1.82) is 0 Å². The molecule has 0 aliphatic heterocycles. The molecule has 13 heteroatoms. The second-order valence-corrected chi connectivity index (χ2v) is 18.4. The molecule has 0 radical (unpaired) electrons. The van der Waals surface area contributed by atoms with E-state index >= 15 is 0 Å². The Morgan fingerprint density at radius 3 is 1.44 bits per heavy atom. The molecule has 1 fully saturated rings. The third kappa shape index (κ3) is 31.2. The summed E-state index contributed by atoms with van der Waals surface area (Å²) in [7, 11) is -5.02. The SMILES string of the molecule is CCCC/C=C\CCCCCCCCOCC(COP(=O)(O)OC1C(O)C(O)C(O)C(O)C1O)OC(=O)CCCCCCCCCC/C=C\C/C=C\C/C=C\CCCCCCC. The number of ether oxygens (including phenoxy) is 2. The minimum absolute atomic E-state index is 0.0849. The van der Waals surface area contributed by atoms with Crippen LogP contribution in [0.2, 0.25) is 0 Å². The van der Waals surface area contributed by atoms with Gasteiger partial charge in [-0.1, -0.05) is 165 Å². The molecule has 0 aromatic rings. The number of allylic oxidation sites excluding steroid dienone is 8. The monoisotopic (exact) mass is 901 g/mol. The van der Waals surface area contributed by atoms with E-state index in [0.29, 0.717) is 13.0 Å². The summed E-state index contributed by atoms with van der Waals surface area (Å²) >= 11 is 0. The molecule has 6 N–H and O–H groups in total. The highest BCUT2D eigenvalue weighted by Crippen LogP contribution is 2.47. The molecule has 6 unspecified atom stereocenters. The van der Waals surface area contributed by atoms with Crippen molar-refractivity contribution in [2.45, 2.75) is 236 Å². The lowest BCUT2D eigenvalue weighted by Gasteiger charge is -2.41. The smallest absolute Gasteiger partial charge is 0.457 e. The fraction of sp³-hybridized carbons (Fsp3) is 0.816. The average Bonchev–Trinajstić information content (AvgIpc) is 3.26. The van der Waals surface area contributed by atoms with E-state index in [1.807, 2.05) is 0 Å². The van der Waals surface area contributed by atoms with Crippen molar-refractivity contribution >= 4 is 13.8 Å². The van der Waals surface area contributed by atoms with Gasteiger partial charge < -0.3 is 39.9 Å². The molecule has 0 aromatic carbocycles. The molecule has 62 heavy (non-hydrogen) atoms. The molecular formula is C49H89O12P. The summed E-state index contributed by atoms with van der Waals surface area (Å²) in [5.74, 6) is -0.488. The number of esters is 1. The minimum Gasteiger partial charge on any atom is -0.457 e. The molecule has 12 nitrogen and oxygen atoms in total. The van der Waals surface area contributed by atoms with E-state index in [2.05, 4.69) is 62.5 Å². The minimum atomic E-state index is -5.02. The number of aliphatic hydroxyl groups is 5. The van der Waals surface area contributed by atoms with Crippen LogP contribution in [0.25, 0.3) is 0 Å². The molecule has 0 bridgehead atoms. The summed E-state index contributed by atoms with van der Waals surface area (Å²) in [5, 5.41) is 50.2. The normalized spacial score (nSPS) is 22.4. The van der Waals surface area contributed by atoms with Gasteiger partial charge in [0.1, 0.15) is 42.7 Å². The largest absolute Gasteiger partial charge is 0.472 e. The lowest BCUT2D eigenvalue weighted by Crippen LogP contribution is -2.64. The molecule has 0 saturated heterocycles. The summed E-state index contributed by atoms with van der Waals surface area (Å²) < 4.78 is 34.2. The number of phosphoric acid groups is 1. The van der Waals surface area contributed by atoms with Crippen LogP contribution in [0, 0.1) is 0 Å². The van der Waals surface area contributed by atoms with Gasteiger partial charge in [0.15, 0.2) is 0 Å². The number of phosphoric ester groups is 1. The van der Waals surface area contributed by atoms with E-state index in [9.17, 15) is 39.8 Å². The van der Waals surface area contributed by atoms with E-state index in [4.69, 9.17) is 18.5 Å². The first kappa shape index (κ1) is 58.3. The number of carbonyl (C=O) groups excluding carboxylic acids is 1. The standard InChI is InChI=1S/C49H89O12P/c1-3-5-7-9-11-13-15-17-18-19-20-21-22-23-24-25-26-27-28-30-32-34-36-38-43(50)60-42(40-58-39-37-35-33-31-29-16-14-12-10-8-6-4-2)41-59-62(56,57)61-49-47(54)45(52)44(51)46(53)48(49)55/h10,12,15,17,19-20,22-23,42,44-49,51-55H,3-9,11,13-14,16,18,21,24-41H2,1-2H3,(H,56,57)/b12-10-,17-15-,20-19-,23-22-. The van der Waals surface area contributed by atoms with Crippen LogP contribution in [0.3, 0.4) is 0 Å². The molecule has 0 heterocycles. The first-order valence-corrected chi connectivity index (χ1v) is 26.0. The number of hydrogen-bond acceptors (Lipinski definition) is 11. The number of carbonyl (C=O) groups is 1. The van der Waals surface area contributed by atoms with Gasteiger partial charge in [0, 0.05) is 13.0 Å². The Hall–Kier alpha value is -1.70. The first-order valence-electron chi connectivity index (χ1n) is 24.5. The van der Waals surface area contributed by atoms with Crippen LogP contribution in [0.1, 0.15) is 194 Å². The van der Waals surface area contributed by atoms with Crippen molar-refractivity contribution in [3.63, 3.8) is 0 Å². The van der Waals surface area contributed by atoms with Crippen LogP contribution in [-0.2, 0) is 27.9 Å². The van der Waals surface area contributed by atoms with Crippen LogP contribution in [0.5, 0.6) is 0 Å². The maximum Gasteiger partial charge on any atom is 0.472 e. The van der Waals surface area contributed by atoms with Gasteiger partial charge in [0.25, 0.3) is 0 Å². The van der Waals surface area contributed by atoms with Crippen molar-refractivity contribution < 1.29 is 58.3 Å². The third-order valence-electron chi connectivity index (χ3n) is 11.2. The van der Waals surface area contributed by atoms with Gasteiger partial charge in [0.2, 0.25) is 0 Å². The third-order valence-corrected chi connectivity index (χ3v) is 12.2. The van der Waals surface area contributed by atoms with E-state index < -0.39 is 63.1 Å². The van der Waals surface area contributed by atoms with Crippen LogP contribution < -0.4 is 0 Å². The summed E-state index contributed by atoms with van der Waals surface area (Å²) in [6.07, 6.45) is 36.1. The Morgan fingerprint density at radius 2 is 0.919 bits per heavy atom. The molecule has 1 aliphatic rings. The van der Waals surface area contributed by atoms with E-state index in [-0.39, 0.29) is 13.0 Å². The zero-order chi connectivity index (χ0) is 45.5. The molecule has 1 saturated carbocycles. The highest BCUT2D eigenvalue weighted by molar-refractivity contribution is 7.47. The van der Waals surface area contributed by atoms with Gasteiger partial charge in [-0.3, -0.25) is 13.8 Å². The topological polar surface area (TPSA) is 192 Å². The zero-order valence-corrected chi connectivity index (χ0v) is 39.6. The Morgan fingerprint density at radius 1 is 0.516 bits per heavy atom. The molecule has 0 aromatic heterocycles. The summed E-state index contributed by atoms with van der Waals surface area (Å²) in [6, 6.07) is 0. The summed E-state index contributed by atoms with van der Waals surface area (Å²) in [6.45, 7) is 4.19. The van der Waals surface area contributed by atoms with Gasteiger partial charge in [0.05, 0.1) is 13.2 Å².